The van der Waals surface area contributed by atoms with Crippen LogP contribution in [0.1, 0.15) is 33.1 Å². The number of hydrogen-bond acceptors (Lipinski definition) is 4. The van der Waals surface area contributed by atoms with Crippen molar-refractivity contribution in [2.75, 3.05) is 26.2 Å². The van der Waals surface area contributed by atoms with Crippen LogP contribution in [0.15, 0.2) is 0 Å². The Balaban J connectivity index is 1.75. The lowest BCUT2D eigenvalue weighted by Crippen LogP contribution is -2.58. The molecule has 0 spiro atoms. The van der Waals surface area contributed by atoms with Crippen molar-refractivity contribution < 1.29 is 19.8 Å². The summed E-state index contributed by atoms with van der Waals surface area (Å²) >= 11 is 0. The lowest BCUT2D eigenvalue weighted by atomic mass is 9.85. The van der Waals surface area contributed by atoms with Gasteiger partial charge < -0.3 is 20.4 Å². The molecule has 3 N–H and O–H groups in total. The van der Waals surface area contributed by atoms with Gasteiger partial charge in [0, 0.05) is 25.2 Å². The molecule has 2 aliphatic rings. The molecule has 1 aliphatic carbocycles. The normalized spacial score (nSPS) is 31.7. The summed E-state index contributed by atoms with van der Waals surface area (Å²) in [6, 6.07) is 0.224. The number of rotatable bonds is 5. The Morgan fingerprint density at radius 2 is 1.95 bits per heavy atom. The lowest BCUT2D eigenvalue weighted by molar-refractivity contribution is -0.139. The van der Waals surface area contributed by atoms with E-state index in [0.717, 1.165) is 19.3 Å². The number of aliphatic carboxylic acids is 1. The lowest BCUT2D eigenvalue weighted by Gasteiger charge is -2.43. The standard InChI is InChI=1S/C15H27N3O4/c1-3-17(9-14(20)21)12-5-11(6-12)16-15(22)18-7-10(2)4-13(19)8-18/h10-13,19H,3-9H2,1-2H3,(H,16,22)(H,20,21). The molecule has 0 aromatic carbocycles. The second kappa shape index (κ2) is 7.28. The van der Waals surface area contributed by atoms with E-state index < -0.39 is 12.1 Å². The summed E-state index contributed by atoms with van der Waals surface area (Å²) in [6.07, 6.45) is 1.89. The zero-order valence-electron chi connectivity index (χ0n) is 13.4. The van der Waals surface area contributed by atoms with E-state index in [-0.39, 0.29) is 24.7 Å². The minimum Gasteiger partial charge on any atom is -0.480 e. The van der Waals surface area contributed by atoms with Crippen molar-refractivity contribution in [3.05, 3.63) is 0 Å². The van der Waals surface area contributed by atoms with Crippen LogP contribution in [0.5, 0.6) is 0 Å². The summed E-state index contributed by atoms with van der Waals surface area (Å²) in [5, 5.41) is 21.6. The Bertz CT molecular complexity index is 402. The van der Waals surface area contributed by atoms with Gasteiger partial charge in [-0.3, -0.25) is 9.69 Å². The second-order valence-corrected chi connectivity index (χ2v) is 6.63. The minimum atomic E-state index is -0.814. The van der Waals surface area contributed by atoms with Gasteiger partial charge in [0.05, 0.1) is 12.6 Å². The number of carboxylic acid groups (broad SMARTS) is 1. The van der Waals surface area contributed by atoms with Gasteiger partial charge in [0.15, 0.2) is 0 Å². The third-order valence-corrected chi connectivity index (χ3v) is 4.63. The molecule has 2 atom stereocenters. The average Bonchev–Trinajstić information content (AvgIpc) is 2.38. The Labute approximate surface area is 131 Å². The number of carbonyl (C=O) groups excluding carboxylic acids is 1. The van der Waals surface area contributed by atoms with Crippen LogP contribution < -0.4 is 5.32 Å². The van der Waals surface area contributed by atoms with E-state index in [2.05, 4.69) is 5.32 Å². The third kappa shape index (κ3) is 4.33. The quantitative estimate of drug-likeness (QED) is 0.680. The molecule has 2 fully saturated rings. The number of urea groups is 1. The Kier molecular flexibility index (Phi) is 5.63. The van der Waals surface area contributed by atoms with Crippen molar-refractivity contribution in [2.24, 2.45) is 5.92 Å². The molecule has 22 heavy (non-hydrogen) atoms. The van der Waals surface area contributed by atoms with Crippen LogP contribution in [0.25, 0.3) is 0 Å². The maximum atomic E-state index is 12.2. The number of nitrogens with zero attached hydrogens (tertiary/aromatic N) is 2. The first-order valence-electron chi connectivity index (χ1n) is 8.08. The second-order valence-electron chi connectivity index (χ2n) is 6.63. The first-order valence-corrected chi connectivity index (χ1v) is 8.08. The summed E-state index contributed by atoms with van der Waals surface area (Å²) in [5.41, 5.74) is 0. The minimum absolute atomic E-state index is 0.0532. The van der Waals surface area contributed by atoms with Crippen molar-refractivity contribution in [3.63, 3.8) is 0 Å². The predicted molar refractivity (Wildman–Crippen MR) is 81.6 cm³/mol. The van der Waals surface area contributed by atoms with Crippen molar-refractivity contribution in [3.8, 4) is 0 Å². The zero-order valence-corrected chi connectivity index (χ0v) is 13.4. The fourth-order valence-corrected chi connectivity index (χ4v) is 3.43. The molecule has 0 radical (unpaired) electrons. The van der Waals surface area contributed by atoms with Gasteiger partial charge in [-0.2, -0.15) is 0 Å². The molecular weight excluding hydrogens is 286 g/mol. The Hall–Kier alpha value is -1.34. The van der Waals surface area contributed by atoms with Gasteiger partial charge in [0.25, 0.3) is 0 Å². The van der Waals surface area contributed by atoms with E-state index in [1.807, 2.05) is 18.7 Å². The highest BCUT2D eigenvalue weighted by atomic mass is 16.4. The van der Waals surface area contributed by atoms with Gasteiger partial charge in [-0.05, 0) is 31.7 Å². The summed E-state index contributed by atoms with van der Waals surface area (Å²) in [7, 11) is 0. The SMILES string of the molecule is CCN(CC(=O)O)C1CC(NC(=O)N2CC(C)CC(O)C2)C1. The smallest absolute Gasteiger partial charge is 0.317 e. The first kappa shape index (κ1) is 17.0. The van der Waals surface area contributed by atoms with E-state index in [1.165, 1.54) is 0 Å². The van der Waals surface area contributed by atoms with Crippen molar-refractivity contribution in [2.45, 2.75) is 51.3 Å². The molecule has 0 aromatic heterocycles. The van der Waals surface area contributed by atoms with E-state index in [9.17, 15) is 14.7 Å². The van der Waals surface area contributed by atoms with E-state index in [1.54, 1.807) is 4.90 Å². The van der Waals surface area contributed by atoms with Gasteiger partial charge in [0.1, 0.15) is 0 Å². The Morgan fingerprint density at radius 1 is 1.27 bits per heavy atom. The summed E-state index contributed by atoms with van der Waals surface area (Å²) in [6.45, 7) is 5.81. The number of hydrogen-bond donors (Lipinski definition) is 3. The highest BCUT2D eigenvalue weighted by Gasteiger charge is 2.36. The highest BCUT2D eigenvalue weighted by Crippen LogP contribution is 2.26. The highest BCUT2D eigenvalue weighted by molar-refractivity contribution is 5.75. The van der Waals surface area contributed by atoms with Gasteiger partial charge >= 0.3 is 12.0 Å². The van der Waals surface area contributed by atoms with Crippen LogP contribution in [0, 0.1) is 5.92 Å². The zero-order chi connectivity index (χ0) is 16.3. The molecule has 0 aromatic rings. The van der Waals surface area contributed by atoms with Crippen LogP contribution in [0.4, 0.5) is 4.79 Å². The van der Waals surface area contributed by atoms with Crippen molar-refractivity contribution in [1.29, 1.82) is 0 Å². The average molecular weight is 313 g/mol. The number of aliphatic hydroxyl groups excluding tert-OH is 1. The number of β-amino-alcohol motifs (C(OH)–C–C–N with tert-alkyl or cyclic N) is 1. The molecule has 2 unspecified atom stereocenters. The van der Waals surface area contributed by atoms with E-state index in [4.69, 9.17) is 5.11 Å². The number of aliphatic hydroxyl groups is 1. The van der Waals surface area contributed by atoms with Crippen LogP contribution in [-0.4, -0.2) is 76.4 Å². The van der Waals surface area contributed by atoms with Gasteiger partial charge in [0.2, 0.25) is 0 Å². The molecule has 126 valence electrons. The number of nitrogens with one attached hydrogen (secondary N) is 1. The number of amides is 2. The third-order valence-electron chi connectivity index (χ3n) is 4.63. The maximum absolute atomic E-state index is 12.2. The van der Waals surface area contributed by atoms with Gasteiger partial charge in [-0.1, -0.05) is 13.8 Å². The van der Waals surface area contributed by atoms with E-state index in [0.29, 0.717) is 25.6 Å². The maximum Gasteiger partial charge on any atom is 0.317 e. The molecule has 2 rings (SSSR count). The molecule has 1 saturated carbocycles. The summed E-state index contributed by atoms with van der Waals surface area (Å²) in [4.78, 5) is 26.6. The van der Waals surface area contributed by atoms with Crippen LogP contribution in [0.3, 0.4) is 0 Å². The molecule has 2 amide bonds. The summed E-state index contributed by atoms with van der Waals surface area (Å²) < 4.78 is 0. The van der Waals surface area contributed by atoms with Gasteiger partial charge in [-0.15, -0.1) is 0 Å². The largest absolute Gasteiger partial charge is 0.480 e. The van der Waals surface area contributed by atoms with Crippen molar-refractivity contribution >= 4 is 12.0 Å². The fraction of sp³-hybridized carbons (Fsp3) is 0.867. The Morgan fingerprint density at radius 3 is 2.50 bits per heavy atom. The van der Waals surface area contributed by atoms with Gasteiger partial charge in [-0.25, -0.2) is 4.79 Å². The van der Waals surface area contributed by atoms with Crippen LogP contribution in [-0.2, 0) is 4.79 Å². The summed E-state index contributed by atoms with van der Waals surface area (Å²) in [5.74, 6) is -0.500. The fourth-order valence-electron chi connectivity index (χ4n) is 3.43. The molecule has 7 nitrogen and oxygen atoms in total. The first-order chi connectivity index (χ1) is 10.4. The monoisotopic (exact) mass is 313 g/mol. The van der Waals surface area contributed by atoms with Crippen LogP contribution >= 0.6 is 0 Å². The molecular formula is C15H27N3O4. The molecule has 1 aliphatic heterocycles. The number of piperidine rings is 1. The predicted octanol–water partition coefficient (Wildman–Crippen LogP) is 0.336. The number of likely N-dealkylation sites (tertiary alicyclic amines) is 1. The topological polar surface area (TPSA) is 93.1 Å². The number of carbonyl (C=O) groups is 2. The van der Waals surface area contributed by atoms with Crippen molar-refractivity contribution in [1.82, 2.24) is 15.1 Å². The molecule has 0 bridgehead atoms. The molecule has 1 heterocycles. The van der Waals surface area contributed by atoms with Crippen LogP contribution in [0.2, 0.25) is 0 Å². The number of likely N-dealkylation sites (N-methyl/N-ethyl adjacent to an activating group) is 1. The molecule has 7 heteroatoms. The molecule has 1 saturated heterocycles. The number of carboxylic acids is 1. The van der Waals surface area contributed by atoms with E-state index >= 15 is 0 Å².